The molecule has 0 aromatic heterocycles. The number of urea groups is 1. The van der Waals surface area contributed by atoms with Crippen LogP contribution >= 0.6 is 15.9 Å². The summed E-state index contributed by atoms with van der Waals surface area (Å²) in [6.45, 7) is 1.98. The average Bonchev–Trinajstić information content (AvgIpc) is 2.69. The van der Waals surface area contributed by atoms with Gasteiger partial charge in [-0.25, -0.2) is 4.79 Å². The lowest BCUT2D eigenvalue weighted by Crippen LogP contribution is -2.51. The Bertz CT molecular complexity index is 804. The molecule has 136 valence electrons. The van der Waals surface area contributed by atoms with E-state index in [9.17, 15) is 9.59 Å². The van der Waals surface area contributed by atoms with Gasteiger partial charge in [0.1, 0.15) is 5.75 Å². The van der Waals surface area contributed by atoms with E-state index in [-0.39, 0.29) is 11.9 Å². The van der Waals surface area contributed by atoms with E-state index in [1.165, 1.54) is 0 Å². The number of hydrogen-bond acceptors (Lipinski definition) is 3. The summed E-state index contributed by atoms with van der Waals surface area (Å²) < 4.78 is 6.00. The molecule has 3 rings (SSSR count). The van der Waals surface area contributed by atoms with E-state index in [0.717, 1.165) is 10.2 Å². The van der Waals surface area contributed by atoms with E-state index in [1.54, 1.807) is 41.2 Å². The van der Waals surface area contributed by atoms with Crippen molar-refractivity contribution in [3.63, 3.8) is 0 Å². The molecular weight excluding hydrogens is 398 g/mol. The highest BCUT2D eigenvalue weighted by molar-refractivity contribution is 9.10. The molecule has 1 aliphatic heterocycles. The average molecular weight is 418 g/mol. The number of hydrogen-bond donors (Lipinski definition) is 1. The third kappa shape index (κ3) is 4.16. The summed E-state index contributed by atoms with van der Waals surface area (Å²) in [5.74, 6) is 0.608. The molecule has 0 saturated carbocycles. The van der Waals surface area contributed by atoms with Crippen molar-refractivity contribution in [2.24, 2.45) is 0 Å². The SMILES string of the molecule is COc1cccc(C(=O)N2CCN(C(=O)Nc3ccccc3Br)CC2)c1. The Labute approximate surface area is 160 Å². The molecule has 0 atom stereocenters. The number of benzene rings is 2. The minimum atomic E-state index is -0.162. The van der Waals surface area contributed by atoms with Gasteiger partial charge in [-0.05, 0) is 46.3 Å². The van der Waals surface area contributed by atoms with Crippen LogP contribution in [0.15, 0.2) is 53.0 Å². The van der Waals surface area contributed by atoms with Crippen molar-refractivity contribution in [2.45, 2.75) is 0 Å². The summed E-state index contributed by atoms with van der Waals surface area (Å²) >= 11 is 3.42. The number of methoxy groups -OCH3 is 1. The Morgan fingerprint density at radius 2 is 1.69 bits per heavy atom. The van der Waals surface area contributed by atoms with Crippen molar-refractivity contribution in [3.05, 3.63) is 58.6 Å². The van der Waals surface area contributed by atoms with Crippen LogP contribution in [-0.2, 0) is 0 Å². The molecule has 2 aromatic carbocycles. The number of para-hydroxylation sites is 1. The van der Waals surface area contributed by atoms with Gasteiger partial charge in [0.15, 0.2) is 0 Å². The van der Waals surface area contributed by atoms with Crippen molar-refractivity contribution in [2.75, 3.05) is 38.6 Å². The Morgan fingerprint density at radius 3 is 2.38 bits per heavy atom. The summed E-state index contributed by atoms with van der Waals surface area (Å²) in [6, 6.07) is 14.4. The van der Waals surface area contributed by atoms with Crippen molar-refractivity contribution in [1.29, 1.82) is 0 Å². The predicted octanol–water partition coefficient (Wildman–Crippen LogP) is 3.45. The molecule has 3 amide bonds. The highest BCUT2D eigenvalue weighted by Crippen LogP contribution is 2.22. The topological polar surface area (TPSA) is 61.9 Å². The second-order valence-electron chi connectivity index (χ2n) is 5.92. The van der Waals surface area contributed by atoms with Crippen LogP contribution in [0.2, 0.25) is 0 Å². The number of anilines is 1. The molecule has 0 radical (unpaired) electrons. The summed E-state index contributed by atoms with van der Waals surface area (Å²) in [5, 5.41) is 2.89. The lowest BCUT2D eigenvalue weighted by Gasteiger charge is -2.34. The van der Waals surface area contributed by atoms with E-state index in [2.05, 4.69) is 21.2 Å². The van der Waals surface area contributed by atoms with Gasteiger partial charge >= 0.3 is 6.03 Å². The lowest BCUT2D eigenvalue weighted by molar-refractivity contribution is 0.0671. The number of amides is 3. The zero-order chi connectivity index (χ0) is 18.5. The molecule has 0 aliphatic carbocycles. The zero-order valence-corrected chi connectivity index (χ0v) is 16.0. The molecule has 1 fully saturated rings. The first-order valence-corrected chi connectivity index (χ1v) is 9.11. The van der Waals surface area contributed by atoms with Crippen LogP contribution in [0.5, 0.6) is 5.75 Å². The highest BCUT2D eigenvalue weighted by atomic mass is 79.9. The summed E-state index contributed by atoms with van der Waals surface area (Å²) in [5.41, 5.74) is 1.32. The van der Waals surface area contributed by atoms with E-state index >= 15 is 0 Å². The van der Waals surface area contributed by atoms with Crippen LogP contribution < -0.4 is 10.1 Å². The minimum absolute atomic E-state index is 0.0465. The number of nitrogens with zero attached hydrogens (tertiary/aromatic N) is 2. The molecule has 1 saturated heterocycles. The Morgan fingerprint density at radius 1 is 1.00 bits per heavy atom. The second-order valence-corrected chi connectivity index (χ2v) is 6.78. The Balaban J connectivity index is 1.57. The third-order valence-electron chi connectivity index (χ3n) is 4.29. The van der Waals surface area contributed by atoms with Gasteiger partial charge in [0, 0.05) is 36.2 Å². The fraction of sp³-hybridized carbons (Fsp3) is 0.263. The van der Waals surface area contributed by atoms with Gasteiger partial charge in [0.05, 0.1) is 12.8 Å². The molecule has 0 bridgehead atoms. The van der Waals surface area contributed by atoms with Crippen molar-refractivity contribution >= 4 is 33.6 Å². The number of rotatable bonds is 3. The van der Waals surface area contributed by atoms with Gasteiger partial charge in [-0.1, -0.05) is 18.2 Å². The molecule has 0 spiro atoms. The predicted molar refractivity (Wildman–Crippen MR) is 104 cm³/mol. The standard InChI is InChI=1S/C19H20BrN3O3/c1-26-15-6-4-5-14(13-15)18(24)22-9-11-23(12-10-22)19(25)21-17-8-3-2-7-16(17)20/h2-8,13H,9-12H2,1H3,(H,21,25). The van der Waals surface area contributed by atoms with E-state index < -0.39 is 0 Å². The van der Waals surface area contributed by atoms with Gasteiger partial charge in [-0.2, -0.15) is 0 Å². The Hall–Kier alpha value is -2.54. The van der Waals surface area contributed by atoms with Crippen LogP contribution in [-0.4, -0.2) is 55.0 Å². The van der Waals surface area contributed by atoms with Crippen molar-refractivity contribution in [3.8, 4) is 5.75 Å². The van der Waals surface area contributed by atoms with Crippen LogP contribution in [0, 0.1) is 0 Å². The molecular formula is C19H20BrN3O3. The Kier molecular flexibility index (Phi) is 5.78. The van der Waals surface area contributed by atoms with Crippen LogP contribution in [0.3, 0.4) is 0 Å². The largest absolute Gasteiger partial charge is 0.497 e. The fourth-order valence-electron chi connectivity index (χ4n) is 2.81. The van der Waals surface area contributed by atoms with Gasteiger partial charge in [0.25, 0.3) is 5.91 Å². The van der Waals surface area contributed by atoms with E-state index in [0.29, 0.717) is 37.5 Å². The lowest BCUT2D eigenvalue weighted by atomic mass is 10.1. The highest BCUT2D eigenvalue weighted by Gasteiger charge is 2.25. The second kappa shape index (κ2) is 8.23. The quantitative estimate of drug-likeness (QED) is 0.831. The summed E-state index contributed by atoms with van der Waals surface area (Å²) in [7, 11) is 1.58. The van der Waals surface area contributed by atoms with Crippen LogP contribution in [0.4, 0.5) is 10.5 Å². The number of carbonyl (C=O) groups is 2. The molecule has 7 heteroatoms. The molecule has 6 nitrogen and oxygen atoms in total. The summed E-state index contributed by atoms with van der Waals surface area (Å²) in [4.78, 5) is 28.5. The molecule has 0 unspecified atom stereocenters. The first-order valence-electron chi connectivity index (χ1n) is 8.32. The number of ether oxygens (including phenoxy) is 1. The number of piperazine rings is 1. The maximum Gasteiger partial charge on any atom is 0.321 e. The van der Waals surface area contributed by atoms with Crippen molar-refractivity contribution < 1.29 is 14.3 Å². The number of carbonyl (C=O) groups excluding carboxylic acids is 2. The molecule has 1 heterocycles. The molecule has 2 aromatic rings. The van der Waals surface area contributed by atoms with Gasteiger partial charge < -0.3 is 19.9 Å². The van der Waals surface area contributed by atoms with E-state index in [4.69, 9.17) is 4.74 Å². The third-order valence-corrected chi connectivity index (χ3v) is 4.98. The first-order chi connectivity index (χ1) is 12.6. The van der Waals surface area contributed by atoms with E-state index in [1.807, 2.05) is 24.3 Å². The minimum Gasteiger partial charge on any atom is -0.497 e. The maximum atomic E-state index is 12.6. The number of halogens is 1. The van der Waals surface area contributed by atoms with Crippen molar-refractivity contribution in [1.82, 2.24) is 9.80 Å². The normalized spacial score (nSPS) is 14.1. The van der Waals surface area contributed by atoms with Gasteiger partial charge in [0.2, 0.25) is 0 Å². The van der Waals surface area contributed by atoms with Gasteiger partial charge in [-0.15, -0.1) is 0 Å². The first kappa shape index (κ1) is 18.3. The smallest absolute Gasteiger partial charge is 0.321 e. The van der Waals surface area contributed by atoms with Crippen LogP contribution in [0.25, 0.3) is 0 Å². The zero-order valence-electron chi connectivity index (χ0n) is 14.4. The molecule has 1 aliphatic rings. The molecule has 26 heavy (non-hydrogen) atoms. The fourth-order valence-corrected chi connectivity index (χ4v) is 3.19. The summed E-state index contributed by atoms with van der Waals surface area (Å²) in [6.07, 6.45) is 0. The van der Waals surface area contributed by atoms with Crippen LogP contribution in [0.1, 0.15) is 10.4 Å². The maximum absolute atomic E-state index is 12.6. The monoisotopic (exact) mass is 417 g/mol. The molecule has 1 N–H and O–H groups in total. The van der Waals surface area contributed by atoms with Gasteiger partial charge in [-0.3, -0.25) is 4.79 Å². The number of nitrogens with one attached hydrogen (secondary N) is 1.